The Morgan fingerprint density at radius 1 is 1.32 bits per heavy atom. The van der Waals surface area contributed by atoms with Crippen LogP contribution in [0.25, 0.3) is 0 Å². The first kappa shape index (κ1) is 22.3. The molecule has 1 unspecified atom stereocenters. The molecule has 132 valence electrons. The number of aliphatic imine (C=N–C) groups is 1. The fraction of sp³-hybridized carbons (Fsp3) is 0.938. The van der Waals surface area contributed by atoms with Gasteiger partial charge in [-0.2, -0.15) is 11.8 Å². The van der Waals surface area contributed by atoms with Crippen molar-refractivity contribution in [3.8, 4) is 0 Å². The van der Waals surface area contributed by atoms with E-state index in [1.165, 1.54) is 25.8 Å². The van der Waals surface area contributed by atoms with Gasteiger partial charge in [-0.25, -0.2) is 0 Å². The van der Waals surface area contributed by atoms with E-state index in [1.807, 2.05) is 11.8 Å². The molecule has 6 heteroatoms. The number of hydrogen-bond donors (Lipinski definition) is 2. The number of nitrogens with zero attached hydrogens (tertiary/aromatic N) is 2. The molecule has 0 amide bonds. The van der Waals surface area contributed by atoms with Crippen molar-refractivity contribution in [2.75, 3.05) is 39.0 Å². The van der Waals surface area contributed by atoms with Gasteiger partial charge in [-0.15, -0.1) is 24.0 Å². The molecule has 1 aliphatic rings. The van der Waals surface area contributed by atoms with E-state index < -0.39 is 0 Å². The lowest BCUT2D eigenvalue weighted by molar-refractivity contribution is 0.163. The van der Waals surface area contributed by atoms with Crippen LogP contribution in [0.4, 0.5) is 0 Å². The SMILES string of the molecule is CCNC(=NCC(C)(C)SC)NCCN1CCCCC1C.I. The summed E-state index contributed by atoms with van der Waals surface area (Å²) in [6.45, 7) is 14.0. The molecule has 0 spiro atoms. The second-order valence-electron chi connectivity index (χ2n) is 6.47. The van der Waals surface area contributed by atoms with Crippen molar-refractivity contribution in [1.29, 1.82) is 0 Å². The zero-order valence-corrected chi connectivity index (χ0v) is 18.1. The van der Waals surface area contributed by atoms with E-state index >= 15 is 0 Å². The minimum Gasteiger partial charge on any atom is -0.357 e. The summed E-state index contributed by atoms with van der Waals surface area (Å²) in [6, 6.07) is 0.732. The third-order valence-electron chi connectivity index (χ3n) is 4.15. The van der Waals surface area contributed by atoms with E-state index in [0.29, 0.717) is 0 Å². The smallest absolute Gasteiger partial charge is 0.191 e. The van der Waals surface area contributed by atoms with E-state index in [9.17, 15) is 0 Å². The molecule has 0 aromatic heterocycles. The highest BCUT2D eigenvalue weighted by Crippen LogP contribution is 2.21. The molecule has 0 aromatic carbocycles. The lowest BCUT2D eigenvalue weighted by Gasteiger charge is -2.33. The molecule has 0 bridgehead atoms. The molecule has 0 saturated carbocycles. The number of rotatable bonds is 7. The van der Waals surface area contributed by atoms with Gasteiger partial charge in [0.15, 0.2) is 5.96 Å². The molecule has 1 aliphatic heterocycles. The Hall–Kier alpha value is 0.310. The summed E-state index contributed by atoms with van der Waals surface area (Å²) < 4.78 is 0.198. The highest BCUT2D eigenvalue weighted by atomic mass is 127. The molecule has 1 saturated heterocycles. The highest BCUT2D eigenvalue weighted by molar-refractivity contribution is 14.0. The Kier molecular flexibility index (Phi) is 12.0. The van der Waals surface area contributed by atoms with Gasteiger partial charge in [-0.1, -0.05) is 6.42 Å². The minimum atomic E-state index is 0. The lowest BCUT2D eigenvalue weighted by atomic mass is 10.0. The second-order valence-corrected chi connectivity index (χ2v) is 7.98. The minimum absolute atomic E-state index is 0. The van der Waals surface area contributed by atoms with Crippen molar-refractivity contribution in [3.63, 3.8) is 0 Å². The second kappa shape index (κ2) is 11.8. The van der Waals surface area contributed by atoms with Crippen LogP contribution in [0.5, 0.6) is 0 Å². The van der Waals surface area contributed by atoms with Crippen molar-refractivity contribution in [2.24, 2.45) is 4.99 Å². The van der Waals surface area contributed by atoms with Crippen LogP contribution < -0.4 is 10.6 Å². The number of likely N-dealkylation sites (tertiary alicyclic amines) is 1. The first-order valence-corrected chi connectivity index (χ1v) is 9.52. The van der Waals surface area contributed by atoms with Crippen molar-refractivity contribution in [1.82, 2.24) is 15.5 Å². The quantitative estimate of drug-likeness (QED) is 0.361. The van der Waals surface area contributed by atoms with E-state index in [4.69, 9.17) is 4.99 Å². The molecule has 0 aliphatic carbocycles. The Labute approximate surface area is 158 Å². The number of guanidine groups is 1. The fourth-order valence-electron chi connectivity index (χ4n) is 2.48. The van der Waals surface area contributed by atoms with E-state index in [-0.39, 0.29) is 28.7 Å². The first-order valence-electron chi connectivity index (χ1n) is 8.30. The molecule has 1 heterocycles. The van der Waals surface area contributed by atoms with E-state index in [0.717, 1.165) is 38.2 Å². The van der Waals surface area contributed by atoms with Crippen LogP contribution in [0, 0.1) is 0 Å². The third kappa shape index (κ3) is 8.82. The summed E-state index contributed by atoms with van der Waals surface area (Å²) in [7, 11) is 0. The molecule has 1 rings (SSSR count). The normalized spacial score (nSPS) is 20.4. The molecule has 1 atom stereocenters. The molecular weight excluding hydrogens is 407 g/mol. The maximum atomic E-state index is 4.71. The molecular formula is C16H35IN4S. The van der Waals surface area contributed by atoms with E-state index in [1.54, 1.807) is 0 Å². The molecule has 0 radical (unpaired) electrons. The predicted octanol–water partition coefficient (Wildman–Crippen LogP) is 3.18. The van der Waals surface area contributed by atoms with Crippen molar-refractivity contribution in [3.05, 3.63) is 0 Å². The van der Waals surface area contributed by atoms with Crippen LogP contribution >= 0.6 is 35.7 Å². The number of piperidine rings is 1. The van der Waals surface area contributed by atoms with Gasteiger partial charge in [0.1, 0.15) is 0 Å². The Morgan fingerprint density at radius 3 is 2.64 bits per heavy atom. The van der Waals surface area contributed by atoms with Crippen LogP contribution in [0.15, 0.2) is 4.99 Å². The summed E-state index contributed by atoms with van der Waals surface area (Å²) in [6.07, 6.45) is 6.23. The van der Waals surface area contributed by atoms with Gasteiger partial charge in [0.2, 0.25) is 0 Å². The van der Waals surface area contributed by atoms with Crippen molar-refractivity contribution < 1.29 is 0 Å². The Morgan fingerprint density at radius 2 is 2.05 bits per heavy atom. The maximum absolute atomic E-state index is 4.71. The van der Waals surface area contributed by atoms with Gasteiger partial charge < -0.3 is 10.6 Å². The molecule has 4 nitrogen and oxygen atoms in total. The van der Waals surface area contributed by atoms with Crippen LogP contribution in [-0.2, 0) is 0 Å². The summed E-state index contributed by atoms with van der Waals surface area (Å²) in [5.41, 5.74) is 0. The van der Waals surface area contributed by atoms with Gasteiger partial charge >= 0.3 is 0 Å². The van der Waals surface area contributed by atoms with E-state index in [2.05, 4.69) is 49.5 Å². The average Bonchev–Trinajstić information content (AvgIpc) is 2.47. The zero-order chi connectivity index (χ0) is 15.7. The van der Waals surface area contributed by atoms with Gasteiger partial charge in [-0.05, 0) is 53.3 Å². The van der Waals surface area contributed by atoms with Gasteiger partial charge in [0.05, 0.1) is 6.54 Å². The first-order chi connectivity index (χ1) is 9.98. The van der Waals surface area contributed by atoms with Crippen molar-refractivity contribution >= 4 is 41.7 Å². The largest absolute Gasteiger partial charge is 0.357 e. The van der Waals surface area contributed by atoms with Gasteiger partial charge in [0, 0.05) is 30.4 Å². The Balaban J connectivity index is 0.00000441. The predicted molar refractivity (Wildman–Crippen MR) is 112 cm³/mol. The summed E-state index contributed by atoms with van der Waals surface area (Å²) >= 11 is 1.86. The van der Waals surface area contributed by atoms with Gasteiger partial charge in [0.25, 0.3) is 0 Å². The Bertz CT molecular complexity index is 323. The number of thioether (sulfide) groups is 1. The molecule has 22 heavy (non-hydrogen) atoms. The highest BCUT2D eigenvalue weighted by Gasteiger charge is 2.18. The third-order valence-corrected chi connectivity index (χ3v) is 5.38. The number of halogens is 1. The van der Waals surface area contributed by atoms with Gasteiger partial charge in [-0.3, -0.25) is 9.89 Å². The van der Waals surface area contributed by atoms with Crippen LogP contribution in [0.2, 0.25) is 0 Å². The standard InChI is InChI=1S/C16H34N4S.HI/c1-6-17-15(19-13-16(3,4)21-5)18-10-12-20-11-8-7-9-14(20)2;/h14H,6-13H2,1-5H3,(H2,17,18,19);1H. The number of hydrogen-bond acceptors (Lipinski definition) is 3. The van der Waals surface area contributed by atoms with Crippen LogP contribution in [-0.4, -0.2) is 60.6 Å². The lowest BCUT2D eigenvalue weighted by Crippen LogP contribution is -2.45. The number of nitrogens with one attached hydrogen (secondary N) is 2. The average molecular weight is 442 g/mol. The fourth-order valence-corrected chi connectivity index (χ4v) is 2.68. The monoisotopic (exact) mass is 442 g/mol. The topological polar surface area (TPSA) is 39.7 Å². The zero-order valence-electron chi connectivity index (χ0n) is 14.9. The summed E-state index contributed by atoms with van der Waals surface area (Å²) in [4.78, 5) is 7.30. The van der Waals surface area contributed by atoms with Crippen LogP contribution in [0.3, 0.4) is 0 Å². The van der Waals surface area contributed by atoms with Crippen LogP contribution in [0.1, 0.15) is 47.0 Å². The molecule has 2 N–H and O–H groups in total. The summed E-state index contributed by atoms with van der Waals surface area (Å²) in [5, 5.41) is 6.81. The molecule has 0 aromatic rings. The maximum Gasteiger partial charge on any atom is 0.191 e. The van der Waals surface area contributed by atoms with Crippen molar-refractivity contribution in [2.45, 2.75) is 57.7 Å². The summed E-state index contributed by atoms with van der Waals surface area (Å²) in [5.74, 6) is 0.948. The molecule has 1 fully saturated rings.